The van der Waals surface area contributed by atoms with Crippen molar-refractivity contribution >= 4 is 5.91 Å². The minimum Gasteiger partial charge on any atom is -0.328 e. The third-order valence-corrected chi connectivity index (χ3v) is 4.70. The molecule has 0 aliphatic heterocycles. The molecule has 0 aliphatic rings. The molecule has 0 saturated carbocycles. The topological polar surface area (TPSA) is 71.9 Å². The van der Waals surface area contributed by atoms with Crippen molar-refractivity contribution in [1.82, 2.24) is 24.8 Å². The van der Waals surface area contributed by atoms with E-state index in [1.165, 1.54) is 0 Å². The van der Waals surface area contributed by atoms with Crippen molar-refractivity contribution in [2.24, 2.45) is 0 Å². The summed E-state index contributed by atoms with van der Waals surface area (Å²) in [5, 5.41) is 0. The van der Waals surface area contributed by atoms with Crippen LogP contribution in [0.2, 0.25) is 0 Å². The summed E-state index contributed by atoms with van der Waals surface area (Å²) in [5.41, 5.74) is 4.00. The van der Waals surface area contributed by atoms with E-state index in [0.29, 0.717) is 24.5 Å². The smallest absolute Gasteiger partial charge is 0.254 e. The first-order valence-corrected chi connectivity index (χ1v) is 9.68. The molecule has 0 N–H and O–H groups in total. The van der Waals surface area contributed by atoms with Gasteiger partial charge in [-0.3, -0.25) is 14.8 Å². The highest BCUT2D eigenvalue weighted by atomic mass is 16.2. The van der Waals surface area contributed by atoms with Crippen LogP contribution < -0.4 is 0 Å². The van der Waals surface area contributed by atoms with Crippen molar-refractivity contribution in [1.29, 1.82) is 0 Å². The standard InChI is InChI=1S/C24H21N5O/c1-18-27-15-21(22-9-5-6-12-26-22)23(28-18)17-29(16-19-7-3-2-4-8-19)24(30)20-10-13-25-14-11-20/h2-15H,16-17H2,1H3. The molecule has 6 nitrogen and oxygen atoms in total. The average molecular weight is 395 g/mol. The Hall–Kier alpha value is -3.93. The largest absolute Gasteiger partial charge is 0.328 e. The van der Waals surface area contributed by atoms with Crippen LogP contribution in [0.1, 0.15) is 27.4 Å². The number of carbonyl (C=O) groups is 1. The first-order chi connectivity index (χ1) is 14.7. The van der Waals surface area contributed by atoms with Gasteiger partial charge in [0.25, 0.3) is 5.91 Å². The molecular formula is C24H21N5O. The number of pyridine rings is 2. The number of carbonyl (C=O) groups excluding carboxylic acids is 1. The Labute approximate surface area is 175 Å². The lowest BCUT2D eigenvalue weighted by atomic mass is 10.1. The second-order valence-corrected chi connectivity index (χ2v) is 6.88. The number of hydrogen-bond donors (Lipinski definition) is 0. The lowest BCUT2D eigenvalue weighted by molar-refractivity contribution is 0.0728. The van der Waals surface area contributed by atoms with Gasteiger partial charge < -0.3 is 4.90 Å². The molecule has 4 aromatic rings. The van der Waals surface area contributed by atoms with Crippen LogP contribution in [0.15, 0.2) is 85.5 Å². The minimum atomic E-state index is -0.0792. The molecule has 0 bridgehead atoms. The molecule has 6 heteroatoms. The zero-order valence-corrected chi connectivity index (χ0v) is 16.6. The van der Waals surface area contributed by atoms with Gasteiger partial charge >= 0.3 is 0 Å². The summed E-state index contributed by atoms with van der Waals surface area (Å²) >= 11 is 0. The maximum absolute atomic E-state index is 13.3. The summed E-state index contributed by atoms with van der Waals surface area (Å²) < 4.78 is 0. The van der Waals surface area contributed by atoms with E-state index in [1.807, 2.05) is 55.5 Å². The maximum Gasteiger partial charge on any atom is 0.254 e. The van der Waals surface area contributed by atoms with Gasteiger partial charge in [0.1, 0.15) is 5.82 Å². The van der Waals surface area contributed by atoms with Crippen molar-refractivity contribution < 1.29 is 4.79 Å². The van der Waals surface area contributed by atoms with Crippen molar-refractivity contribution in [3.05, 3.63) is 108 Å². The molecule has 0 aliphatic carbocycles. The van der Waals surface area contributed by atoms with Gasteiger partial charge in [0.05, 0.1) is 17.9 Å². The SMILES string of the molecule is Cc1ncc(-c2ccccn2)c(CN(Cc2ccccc2)C(=O)c2ccncc2)n1. The Morgan fingerprint density at radius 2 is 1.63 bits per heavy atom. The van der Waals surface area contributed by atoms with Gasteiger partial charge in [-0.1, -0.05) is 36.4 Å². The predicted molar refractivity (Wildman–Crippen MR) is 114 cm³/mol. The molecule has 0 spiro atoms. The van der Waals surface area contributed by atoms with E-state index < -0.39 is 0 Å². The maximum atomic E-state index is 13.3. The molecule has 4 rings (SSSR count). The normalized spacial score (nSPS) is 10.6. The lowest BCUT2D eigenvalue weighted by Crippen LogP contribution is -2.31. The first-order valence-electron chi connectivity index (χ1n) is 9.68. The molecule has 3 heterocycles. The van der Waals surface area contributed by atoms with Crippen LogP contribution in [0.3, 0.4) is 0 Å². The van der Waals surface area contributed by atoms with E-state index in [1.54, 1.807) is 41.8 Å². The summed E-state index contributed by atoms with van der Waals surface area (Å²) in [5.74, 6) is 0.574. The zero-order chi connectivity index (χ0) is 20.8. The molecular weight excluding hydrogens is 374 g/mol. The minimum absolute atomic E-state index is 0.0792. The molecule has 0 radical (unpaired) electrons. The average Bonchev–Trinajstić information content (AvgIpc) is 2.80. The van der Waals surface area contributed by atoms with Gasteiger partial charge in [-0.2, -0.15) is 0 Å². The van der Waals surface area contributed by atoms with E-state index in [-0.39, 0.29) is 5.91 Å². The van der Waals surface area contributed by atoms with Crippen LogP contribution in [0.5, 0.6) is 0 Å². The summed E-state index contributed by atoms with van der Waals surface area (Å²) in [6.07, 6.45) is 6.77. The van der Waals surface area contributed by atoms with E-state index in [2.05, 4.69) is 19.9 Å². The Bertz CT molecular complexity index is 1120. The summed E-state index contributed by atoms with van der Waals surface area (Å²) in [7, 11) is 0. The van der Waals surface area contributed by atoms with Gasteiger partial charge in [-0.25, -0.2) is 9.97 Å². The van der Waals surface area contributed by atoms with Crippen LogP contribution in [0.4, 0.5) is 0 Å². The highest BCUT2D eigenvalue weighted by Crippen LogP contribution is 2.22. The van der Waals surface area contributed by atoms with E-state index >= 15 is 0 Å². The van der Waals surface area contributed by atoms with E-state index in [9.17, 15) is 4.79 Å². The van der Waals surface area contributed by atoms with E-state index in [0.717, 1.165) is 22.5 Å². The van der Waals surface area contributed by atoms with Gasteiger partial charge in [0, 0.05) is 42.5 Å². The van der Waals surface area contributed by atoms with Crippen LogP contribution in [-0.2, 0) is 13.1 Å². The van der Waals surface area contributed by atoms with Crippen LogP contribution in [-0.4, -0.2) is 30.7 Å². The third-order valence-electron chi connectivity index (χ3n) is 4.70. The van der Waals surface area contributed by atoms with Gasteiger partial charge in [0.15, 0.2) is 0 Å². The fourth-order valence-electron chi connectivity index (χ4n) is 3.23. The molecule has 0 saturated heterocycles. The number of nitrogens with zero attached hydrogens (tertiary/aromatic N) is 5. The highest BCUT2D eigenvalue weighted by molar-refractivity contribution is 5.94. The second kappa shape index (κ2) is 9.05. The fraction of sp³-hybridized carbons (Fsp3) is 0.125. The summed E-state index contributed by atoms with van der Waals surface area (Å²) in [4.78, 5) is 32.6. The Balaban J connectivity index is 1.72. The monoisotopic (exact) mass is 395 g/mol. The molecule has 1 aromatic carbocycles. The number of aryl methyl sites for hydroxylation is 1. The van der Waals surface area contributed by atoms with Crippen molar-refractivity contribution in [3.63, 3.8) is 0 Å². The van der Waals surface area contributed by atoms with Crippen LogP contribution >= 0.6 is 0 Å². The zero-order valence-electron chi connectivity index (χ0n) is 16.6. The highest BCUT2D eigenvalue weighted by Gasteiger charge is 2.20. The third kappa shape index (κ3) is 4.55. The molecule has 0 fully saturated rings. The van der Waals surface area contributed by atoms with Crippen molar-refractivity contribution in [2.75, 3.05) is 0 Å². The lowest BCUT2D eigenvalue weighted by Gasteiger charge is -2.24. The molecule has 1 amide bonds. The van der Waals surface area contributed by atoms with Crippen LogP contribution in [0, 0.1) is 6.92 Å². The molecule has 148 valence electrons. The summed E-state index contributed by atoms with van der Waals surface area (Å²) in [6, 6.07) is 19.1. The molecule has 0 atom stereocenters. The van der Waals surface area contributed by atoms with Crippen molar-refractivity contribution in [3.8, 4) is 11.3 Å². The fourth-order valence-corrected chi connectivity index (χ4v) is 3.23. The van der Waals surface area contributed by atoms with Crippen LogP contribution in [0.25, 0.3) is 11.3 Å². The first kappa shape index (κ1) is 19.4. The predicted octanol–water partition coefficient (Wildman–Crippen LogP) is 4.08. The number of amides is 1. The van der Waals surface area contributed by atoms with Gasteiger partial charge in [-0.15, -0.1) is 0 Å². The Morgan fingerprint density at radius 1 is 0.867 bits per heavy atom. The Kier molecular flexibility index (Phi) is 5.85. The number of benzene rings is 1. The van der Waals surface area contributed by atoms with Gasteiger partial charge in [0.2, 0.25) is 0 Å². The molecule has 0 unspecified atom stereocenters. The number of aromatic nitrogens is 4. The summed E-state index contributed by atoms with van der Waals surface area (Å²) in [6.45, 7) is 2.65. The van der Waals surface area contributed by atoms with Crippen molar-refractivity contribution in [2.45, 2.75) is 20.0 Å². The number of rotatable bonds is 6. The molecule has 30 heavy (non-hydrogen) atoms. The second-order valence-electron chi connectivity index (χ2n) is 6.88. The Morgan fingerprint density at radius 3 is 2.37 bits per heavy atom. The van der Waals surface area contributed by atoms with Gasteiger partial charge in [-0.05, 0) is 36.8 Å². The quantitative estimate of drug-likeness (QED) is 0.492. The number of hydrogen-bond acceptors (Lipinski definition) is 5. The van der Waals surface area contributed by atoms with E-state index in [4.69, 9.17) is 0 Å². The molecule has 3 aromatic heterocycles.